The van der Waals surface area contributed by atoms with E-state index in [0.717, 1.165) is 36.2 Å². The lowest BCUT2D eigenvalue weighted by Gasteiger charge is -2.35. The average Bonchev–Trinajstić information content (AvgIpc) is 2.39. The Morgan fingerprint density at radius 1 is 1.10 bits per heavy atom. The van der Waals surface area contributed by atoms with Gasteiger partial charge in [0, 0.05) is 42.3 Å². The van der Waals surface area contributed by atoms with E-state index in [0.29, 0.717) is 6.04 Å². The van der Waals surface area contributed by atoms with Crippen molar-refractivity contribution < 1.29 is 0 Å². The minimum absolute atomic E-state index is 0. The Hall–Kier alpha value is 0.300. The Morgan fingerprint density at radius 3 is 2.19 bits per heavy atom. The van der Waals surface area contributed by atoms with Crippen molar-refractivity contribution in [1.29, 1.82) is 0 Å². The summed E-state index contributed by atoms with van der Waals surface area (Å²) >= 11 is 12.3. The van der Waals surface area contributed by atoms with Gasteiger partial charge in [-0.2, -0.15) is 0 Å². The van der Waals surface area contributed by atoms with E-state index in [9.17, 15) is 0 Å². The third-order valence-electron chi connectivity index (χ3n) is 3.69. The number of benzene rings is 1. The van der Waals surface area contributed by atoms with Crippen LogP contribution >= 0.6 is 48.0 Å². The maximum Gasteiger partial charge on any atom is 0.0424 e. The van der Waals surface area contributed by atoms with E-state index in [-0.39, 0.29) is 24.8 Å². The average molecular weight is 374 g/mol. The molecule has 0 aliphatic carbocycles. The summed E-state index contributed by atoms with van der Waals surface area (Å²) in [6.07, 6.45) is 3.63. The molecule has 0 spiro atoms. The number of hydrogen-bond acceptors (Lipinski definition) is 2. The highest BCUT2D eigenvalue weighted by Crippen LogP contribution is 2.31. The van der Waals surface area contributed by atoms with Gasteiger partial charge < -0.3 is 5.32 Å². The fraction of sp³-hybridized carbons (Fsp3) is 0.600. The second-order valence-corrected chi connectivity index (χ2v) is 6.02. The Labute approximate surface area is 150 Å². The summed E-state index contributed by atoms with van der Waals surface area (Å²) in [6.45, 7) is 6.56. The lowest BCUT2D eigenvalue weighted by atomic mass is 9.99. The quantitative estimate of drug-likeness (QED) is 0.783. The Kier molecular flexibility index (Phi) is 11.1. The van der Waals surface area contributed by atoms with E-state index in [2.05, 4.69) is 29.3 Å². The minimum atomic E-state index is 0. The van der Waals surface area contributed by atoms with Gasteiger partial charge in [0.05, 0.1) is 0 Å². The second-order valence-electron chi connectivity index (χ2n) is 5.15. The molecule has 1 aliphatic heterocycles. The summed E-state index contributed by atoms with van der Waals surface area (Å²) in [5.74, 6) is 0. The fourth-order valence-electron chi connectivity index (χ4n) is 2.72. The van der Waals surface area contributed by atoms with Crippen LogP contribution in [0.2, 0.25) is 10.0 Å². The first kappa shape index (κ1) is 21.3. The molecule has 1 fully saturated rings. The molecule has 6 heteroatoms. The molecule has 1 aromatic carbocycles. The molecule has 1 heterocycles. The van der Waals surface area contributed by atoms with E-state index in [1.54, 1.807) is 6.07 Å². The molecule has 0 saturated carbocycles. The normalized spacial score (nSPS) is 16.7. The molecule has 2 nitrogen and oxygen atoms in total. The van der Waals surface area contributed by atoms with Gasteiger partial charge in [-0.25, -0.2) is 0 Å². The molecule has 0 radical (unpaired) electrons. The maximum atomic E-state index is 6.15. The van der Waals surface area contributed by atoms with Crippen LogP contribution in [0.5, 0.6) is 0 Å². The van der Waals surface area contributed by atoms with Gasteiger partial charge in [-0.1, -0.05) is 43.0 Å². The van der Waals surface area contributed by atoms with Crippen molar-refractivity contribution in [1.82, 2.24) is 10.2 Å². The predicted molar refractivity (Wildman–Crippen MR) is 97.7 cm³/mol. The van der Waals surface area contributed by atoms with Crippen LogP contribution in [-0.2, 0) is 0 Å². The molecule has 1 aromatic rings. The zero-order valence-corrected chi connectivity index (χ0v) is 15.4. The summed E-state index contributed by atoms with van der Waals surface area (Å²) in [5, 5.41) is 4.88. The van der Waals surface area contributed by atoms with Gasteiger partial charge in [0.2, 0.25) is 0 Å². The van der Waals surface area contributed by atoms with Gasteiger partial charge in [0.25, 0.3) is 0 Å². The van der Waals surface area contributed by atoms with Crippen LogP contribution in [0.3, 0.4) is 0 Å². The predicted octanol–water partition coefficient (Wildman–Crippen LogP) is 4.97. The molecule has 122 valence electrons. The number of hydrogen-bond donors (Lipinski definition) is 1. The lowest BCUT2D eigenvalue weighted by molar-refractivity contribution is 0.163. The van der Waals surface area contributed by atoms with E-state index in [4.69, 9.17) is 23.2 Å². The Morgan fingerprint density at radius 2 is 1.67 bits per heavy atom. The summed E-state index contributed by atoms with van der Waals surface area (Å²) < 4.78 is 0. The van der Waals surface area contributed by atoms with Crippen LogP contribution in [0, 0.1) is 0 Å². The largest absolute Gasteiger partial charge is 0.314 e. The third-order valence-corrected chi connectivity index (χ3v) is 4.13. The monoisotopic (exact) mass is 372 g/mol. The Balaban J connectivity index is 0.00000200. The third kappa shape index (κ3) is 6.52. The lowest BCUT2D eigenvalue weighted by Crippen LogP contribution is -2.45. The zero-order chi connectivity index (χ0) is 13.7. The molecule has 1 N–H and O–H groups in total. The smallest absolute Gasteiger partial charge is 0.0424 e. The van der Waals surface area contributed by atoms with Gasteiger partial charge in [-0.15, -0.1) is 24.8 Å². The van der Waals surface area contributed by atoms with Crippen LogP contribution in [0.1, 0.15) is 37.8 Å². The number of nitrogens with zero attached hydrogens (tertiary/aromatic N) is 1. The number of halogens is 4. The van der Waals surface area contributed by atoms with Crippen LogP contribution in [-0.4, -0.2) is 31.1 Å². The van der Waals surface area contributed by atoms with Crippen molar-refractivity contribution in [3.63, 3.8) is 0 Å². The first-order valence-corrected chi connectivity index (χ1v) is 7.87. The van der Waals surface area contributed by atoms with Crippen molar-refractivity contribution in [2.75, 3.05) is 26.2 Å². The van der Waals surface area contributed by atoms with E-state index < -0.39 is 0 Å². The summed E-state index contributed by atoms with van der Waals surface area (Å²) in [7, 11) is 0. The standard InChI is InChI=1S/C15H22Cl2N2.2ClH/c1-2-3-4-15(19-7-5-18-6-8-19)12-9-13(16)11-14(17)10-12;;/h9-11,15,18H,2-8H2,1H3;2*1H/t15-;;/m1../s1. The van der Waals surface area contributed by atoms with Crippen molar-refractivity contribution in [2.24, 2.45) is 0 Å². The number of unbranched alkanes of at least 4 members (excludes halogenated alkanes) is 1. The Bertz CT molecular complexity index is 388. The van der Waals surface area contributed by atoms with Gasteiger partial charge in [-0.05, 0) is 30.2 Å². The summed E-state index contributed by atoms with van der Waals surface area (Å²) in [5.41, 5.74) is 1.26. The highest BCUT2D eigenvalue weighted by atomic mass is 35.5. The molecule has 1 atom stereocenters. The molecule has 2 rings (SSSR count). The minimum Gasteiger partial charge on any atom is -0.314 e. The van der Waals surface area contributed by atoms with Crippen LogP contribution in [0.4, 0.5) is 0 Å². The fourth-order valence-corrected chi connectivity index (χ4v) is 3.26. The molecule has 1 saturated heterocycles. The molecule has 0 amide bonds. The first-order chi connectivity index (χ1) is 9.20. The zero-order valence-electron chi connectivity index (χ0n) is 12.3. The van der Waals surface area contributed by atoms with Crippen molar-refractivity contribution in [3.8, 4) is 0 Å². The van der Waals surface area contributed by atoms with Crippen molar-refractivity contribution >= 4 is 48.0 Å². The van der Waals surface area contributed by atoms with Crippen LogP contribution in [0.15, 0.2) is 18.2 Å². The second kappa shape index (κ2) is 10.9. The molecule has 0 aromatic heterocycles. The topological polar surface area (TPSA) is 15.3 Å². The molecular weight excluding hydrogens is 350 g/mol. The highest BCUT2D eigenvalue weighted by molar-refractivity contribution is 6.34. The SMILES string of the molecule is CCCC[C@H](c1cc(Cl)cc(Cl)c1)N1CCNCC1.Cl.Cl. The van der Waals surface area contributed by atoms with E-state index in [1.165, 1.54) is 24.8 Å². The van der Waals surface area contributed by atoms with Gasteiger partial charge in [0.15, 0.2) is 0 Å². The summed E-state index contributed by atoms with van der Waals surface area (Å²) in [4.78, 5) is 2.55. The van der Waals surface area contributed by atoms with Crippen LogP contribution in [0.25, 0.3) is 0 Å². The van der Waals surface area contributed by atoms with Crippen LogP contribution < -0.4 is 5.32 Å². The number of nitrogens with one attached hydrogen (secondary N) is 1. The summed E-state index contributed by atoms with van der Waals surface area (Å²) in [6, 6.07) is 6.38. The molecule has 1 aliphatic rings. The number of rotatable bonds is 5. The van der Waals surface area contributed by atoms with Gasteiger partial charge in [-0.3, -0.25) is 4.90 Å². The van der Waals surface area contributed by atoms with Crippen molar-refractivity contribution in [2.45, 2.75) is 32.2 Å². The van der Waals surface area contributed by atoms with Gasteiger partial charge in [0.1, 0.15) is 0 Å². The highest BCUT2D eigenvalue weighted by Gasteiger charge is 2.22. The number of piperazine rings is 1. The molecule has 0 unspecified atom stereocenters. The molecule has 0 bridgehead atoms. The van der Waals surface area contributed by atoms with Crippen molar-refractivity contribution in [3.05, 3.63) is 33.8 Å². The maximum absolute atomic E-state index is 6.15. The van der Waals surface area contributed by atoms with Gasteiger partial charge >= 0.3 is 0 Å². The first-order valence-electron chi connectivity index (χ1n) is 7.11. The van der Waals surface area contributed by atoms with E-state index in [1.807, 2.05) is 0 Å². The molecule has 21 heavy (non-hydrogen) atoms. The molecular formula is C15H24Cl4N2. The van der Waals surface area contributed by atoms with E-state index >= 15 is 0 Å².